The van der Waals surface area contributed by atoms with Gasteiger partial charge < -0.3 is 4.98 Å². The molecule has 0 aliphatic heterocycles. The third-order valence-corrected chi connectivity index (χ3v) is 4.04. The van der Waals surface area contributed by atoms with Crippen molar-refractivity contribution in [1.82, 2.24) is 9.97 Å². The van der Waals surface area contributed by atoms with Crippen molar-refractivity contribution in [3.63, 3.8) is 0 Å². The minimum absolute atomic E-state index is 0.481. The average Bonchev–Trinajstić information content (AvgIpc) is 2.60. The molecule has 0 fully saturated rings. The molecule has 3 aromatic rings. The topological polar surface area (TPSA) is 28.7 Å². The maximum absolute atomic E-state index is 5.25. The summed E-state index contributed by atoms with van der Waals surface area (Å²) in [5.41, 5.74) is 6.57. The molecule has 0 saturated heterocycles. The summed E-state index contributed by atoms with van der Waals surface area (Å²) in [6.07, 6.45) is 8.11. The number of nitrogens with zero attached hydrogens (tertiary/aromatic N) is 1. The predicted octanol–water partition coefficient (Wildman–Crippen LogP) is 6.10. The van der Waals surface area contributed by atoms with Crippen LogP contribution in [0.3, 0.4) is 0 Å². The van der Waals surface area contributed by atoms with Crippen LogP contribution in [0.2, 0.25) is 0 Å². The summed E-state index contributed by atoms with van der Waals surface area (Å²) in [7, 11) is 0. The summed E-state index contributed by atoms with van der Waals surface area (Å²) in [5, 5.41) is 0. The number of aryl methyl sites for hydroxylation is 2. The zero-order valence-electron chi connectivity index (χ0n) is 14.4. The average molecular weight is 344 g/mol. The van der Waals surface area contributed by atoms with Crippen molar-refractivity contribution < 1.29 is 0 Å². The van der Waals surface area contributed by atoms with Gasteiger partial charge in [0.05, 0.1) is 5.69 Å². The molecule has 0 atom stereocenters. The molecule has 124 valence electrons. The van der Waals surface area contributed by atoms with E-state index in [0.717, 1.165) is 22.5 Å². The first-order chi connectivity index (χ1) is 12.1. The Morgan fingerprint density at radius 2 is 1.28 bits per heavy atom. The minimum atomic E-state index is 0.481. The standard InChI is InChI=1S/C22H20N2S/c1-16-3-7-18(8-4-16)11-13-20-15-21(24-22(25)23-20)14-12-19-9-5-17(2)6-10-19/h3-15H,1-2H3,(H,23,24,25). The molecule has 3 rings (SSSR count). The maximum atomic E-state index is 5.25. The molecule has 0 bridgehead atoms. The quantitative estimate of drug-likeness (QED) is 0.580. The Balaban J connectivity index is 1.81. The molecule has 0 aliphatic carbocycles. The van der Waals surface area contributed by atoms with E-state index in [-0.39, 0.29) is 0 Å². The van der Waals surface area contributed by atoms with Crippen molar-refractivity contribution in [3.8, 4) is 0 Å². The van der Waals surface area contributed by atoms with Crippen molar-refractivity contribution in [2.75, 3.05) is 0 Å². The van der Waals surface area contributed by atoms with Crippen LogP contribution in [0.4, 0.5) is 0 Å². The normalized spacial score (nSPS) is 11.4. The lowest BCUT2D eigenvalue weighted by Gasteiger charge is -1.99. The Kier molecular flexibility index (Phi) is 5.36. The molecule has 0 saturated carbocycles. The van der Waals surface area contributed by atoms with Gasteiger partial charge in [-0.3, -0.25) is 0 Å². The molecule has 0 spiro atoms. The van der Waals surface area contributed by atoms with Gasteiger partial charge in [-0.05, 0) is 55.4 Å². The van der Waals surface area contributed by atoms with E-state index in [1.807, 2.05) is 24.3 Å². The number of hydrogen-bond donors (Lipinski definition) is 1. The number of H-pyrrole nitrogens is 1. The lowest BCUT2D eigenvalue weighted by Crippen LogP contribution is -1.89. The van der Waals surface area contributed by atoms with Crippen LogP contribution in [-0.4, -0.2) is 9.97 Å². The highest BCUT2D eigenvalue weighted by atomic mass is 32.1. The SMILES string of the molecule is Cc1ccc(C=Cc2cc(C=Cc3ccc(C)cc3)[nH]c(=S)n2)cc1. The van der Waals surface area contributed by atoms with E-state index in [0.29, 0.717) is 4.77 Å². The van der Waals surface area contributed by atoms with Crippen LogP contribution in [-0.2, 0) is 0 Å². The summed E-state index contributed by atoms with van der Waals surface area (Å²) in [6, 6.07) is 18.8. The van der Waals surface area contributed by atoms with E-state index in [1.165, 1.54) is 11.1 Å². The number of rotatable bonds is 4. The van der Waals surface area contributed by atoms with Gasteiger partial charge in [0.15, 0.2) is 4.77 Å². The summed E-state index contributed by atoms with van der Waals surface area (Å²) in [5.74, 6) is 0. The number of nitrogens with one attached hydrogen (secondary N) is 1. The fourth-order valence-corrected chi connectivity index (χ4v) is 2.62. The first-order valence-corrected chi connectivity index (χ1v) is 8.60. The molecular formula is C22H20N2S. The Bertz CT molecular complexity index is 885. The number of benzene rings is 2. The highest BCUT2D eigenvalue weighted by molar-refractivity contribution is 7.71. The third-order valence-electron chi connectivity index (χ3n) is 3.84. The van der Waals surface area contributed by atoms with Gasteiger partial charge in [0.1, 0.15) is 0 Å². The van der Waals surface area contributed by atoms with Crippen molar-refractivity contribution >= 4 is 36.5 Å². The summed E-state index contributed by atoms with van der Waals surface area (Å²) in [6.45, 7) is 4.17. The highest BCUT2D eigenvalue weighted by Gasteiger charge is 1.95. The van der Waals surface area contributed by atoms with Crippen LogP contribution in [0, 0.1) is 18.6 Å². The van der Waals surface area contributed by atoms with Gasteiger partial charge in [-0.2, -0.15) is 0 Å². The van der Waals surface area contributed by atoms with Crippen LogP contribution in [0.25, 0.3) is 24.3 Å². The van der Waals surface area contributed by atoms with Crippen LogP contribution < -0.4 is 0 Å². The molecule has 2 nitrogen and oxygen atoms in total. The fraction of sp³-hybridized carbons (Fsp3) is 0.0909. The first kappa shape index (κ1) is 17.1. The minimum Gasteiger partial charge on any atom is -0.331 e. The van der Waals surface area contributed by atoms with E-state index in [4.69, 9.17) is 12.2 Å². The second-order valence-corrected chi connectivity index (χ2v) is 6.44. The molecule has 0 unspecified atom stereocenters. The van der Waals surface area contributed by atoms with Crippen molar-refractivity contribution in [2.45, 2.75) is 13.8 Å². The van der Waals surface area contributed by atoms with Gasteiger partial charge in [0.25, 0.3) is 0 Å². The Morgan fingerprint density at radius 3 is 1.84 bits per heavy atom. The van der Waals surface area contributed by atoms with Crippen LogP contribution in [0.1, 0.15) is 33.6 Å². The highest BCUT2D eigenvalue weighted by Crippen LogP contribution is 2.11. The molecule has 1 N–H and O–H groups in total. The largest absolute Gasteiger partial charge is 0.331 e. The first-order valence-electron chi connectivity index (χ1n) is 8.19. The molecule has 0 radical (unpaired) electrons. The van der Waals surface area contributed by atoms with Crippen LogP contribution in [0.5, 0.6) is 0 Å². The molecule has 0 aliphatic rings. The van der Waals surface area contributed by atoms with Crippen LogP contribution >= 0.6 is 12.2 Å². The van der Waals surface area contributed by atoms with E-state index >= 15 is 0 Å². The monoisotopic (exact) mass is 344 g/mol. The van der Waals surface area contributed by atoms with E-state index in [1.54, 1.807) is 0 Å². The summed E-state index contributed by atoms with van der Waals surface area (Å²) in [4.78, 5) is 7.49. The molecular weight excluding hydrogens is 324 g/mol. The van der Waals surface area contributed by atoms with Crippen LogP contribution in [0.15, 0.2) is 54.6 Å². The van der Waals surface area contributed by atoms with Gasteiger partial charge in [-0.25, -0.2) is 4.98 Å². The molecule has 1 aromatic heterocycles. The third kappa shape index (κ3) is 5.10. The zero-order valence-corrected chi connectivity index (χ0v) is 15.2. The van der Waals surface area contributed by atoms with Crippen molar-refractivity contribution in [1.29, 1.82) is 0 Å². The summed E-state index contributed by atoms with van der Waals surface area (Å²) < 4.78 is 0.481. The molecule has 1 heterocycles. The fourth-order valence-electron chi connectivity index (χ4n) is 2.39. The van der Waals surface area contributed by atoms with Gasteiger partial charge in [0, 0.05) is 5.69 Å². The second kappa shape index (κ2) is 7.86. The molecule has 0 amide bonds. The van der Waals surface area contributed by atoms with Crippen molar-refractivity contribution in [2.24, 2.45) is 0 Å². The lowest BCUT2D eigenvalue weighted by molar-refractivity contribution is 1.11. The van der Waals surface area contributed by atoms with Gasteiger partial charge in [0.2, 0.25) is 0 Å². The predicted molar refractivity (Wildman–Crippen MR) is 110 cm³/mol. The number of hydrogen-bond acceptors (Lipinski definition) is 2. The lowest BCUT2D eigenvalue weighted by atomic mass is 10.1. The summed E-state index contributed by atoms with van der Waals surface area (Å²) >= 11 is 5.25. The maximum Gasteiger partial charge on any atom is 0.197 e. The van der Waals surface area contributed by atoms with Crippen molar-refractivity contribution in [3.05, 3.63) is 93.0 Å². The zero-order chi connectivity index (χ0) is 17.6. The van der Waals surface area contributed by atoms with E-state index < -0.39 is 0 Å². The van der Waals surface area contributed by atoms with Gasteiger partial charge in [-0.1, -0.05) is 71.8 Å². The Labute approximate surface area is 153 Å². The number of aromatic amines is 1. The van der Waals surface area contributed by atoms with E-state index in [2.05, 4.69) is 78.4 Å². The molecule has 2 aromatic carbocycles. The van der Waals surface area contributed by atoms with Gasteiger partial charge >= 0.3 is 0 Å². The number of aromatic nitrogens is 2. The van der Waals surface area contributed by atoms with E-state index in [9.17, 15) is 0 Å². The Morgan fingerprint density at radius 1 is 0.760 bits per heavy atom. The molecule has 3 heteroatoms. The Hall–Kier alpha value is -2.78. The molecule has 25 heavy (non-hydrogen) atoms. The smallest absolute Gasteiger partial charge is 0.197 e. The second-order valence-electron chi connectivity index (χ2n) is 6.05. The van der Waals surface area contributed by atoms with Gasteiger partial charge in [-0.15, -0.1) is 0 Å².